The second kappa shape index (κ2) is 7.52. The molecule has 7 heteroatoms. The van der Waals surface area contributed by atoms with Gasteiger partial charge in [0, 0.05) is 34.9 Å². The largest absolute Gasteiger partial charge is 0.326 e. The van der Waals surface area contributed by atoms with Gasteiger partial charge in [0.2, 0.25) is 5.91 Å². The molecular weight excluding hydrogens is 380 g/mol. The van der Waals surface area contributed by atoms with Crippen molar-refractivity contribution in [3.8, 4) is 11.3 Å². The molecule has 2 heterocycles. The average Bonchev–Trinajstić information content (AvgIpc) is 3.24. The van der Waals surface area contributed by atoms with Crippen LogP contribution in [0.25, 0.3) is 16.2 Å². The number of aryl methyl sites for hydroxylation is 2. The fourth-order valence-electron chi connectivity index (χ4n) is 2.94. The standard InChI is InChI=1S/C21H17F2N3OS/c1-13-6-7-14(10-18(13)23)24-20(27)9-8-15-12-28-21-25-19(11-26(15)21)16-4-2-3-5-17(16)22/h2-7,10-12H,8-9H2,1H3,(H,24,27). The van der Waals surface area contributed by atoms with E-state index in [9.17, 15) is 13.6 Å². The van der Waals surface area contributed by atoms with Gasteiger partial charge in [-0.1, -0.05) is 18.2 Å². The summed E-state index contributed by atoms with van der Waals surface area (Å²) in [6, 6.07) is 11.1. The number of nitrogens with zero attached hydrogens (tertiary/aromatic N) is 2. The number of nitrogens with one attached hydrogen (secondary N) is 1. The van der Waals surface area contributed by atoms with Gasteiger partial charge in [0.15, 0.2) is 4.96 Å². The Kier molecular flexibility index (Phi) is 4.92. The first-order valence-corrected chi connectivity index (χ1v) is 9.65. The van der Waals surface area contributed by atoms with Crippen LogP contribution in [0, 0.1) is 18.6 Å². The molecule has 1 amide bonds. The number of imidazole rings is 1. The molecule has 0 atom stereocenters. The van der Waals surface area contributed by atoms with E-state index < -0.39 is 0 Å². The number of hydrogen-bond donors (Lipinski definition) is 1. The second-order valence-corrected chi connectivity index (χ2v) is 7.33. The van der Waals surface area contributed by atoms with Gasteiger partial charge in [-0.15, -0.1) is 11.3 Å². The van der Waals surface area contributed by atoms with E-state index in [4.69, 9.17) is 0 Å². The number of thiazole rings is 1. The third-order valence-corrected chi connectivity index (χ3v) is 5.39. The third-order valence-electron chi connectivity index (χ3n) is 4.50. The number of amides is 1. The Hall–Kier alpha value is -3.06. The van der Waals surface area contributed by atoms with Crippen molar-refractivity contribution in [2.45, 2.75) is 19.8 Å². The molecule has 0 saturated heterocycles. The summed E-state index contributed by atoms with van der Waals surface area (Å²) >= 11 is 1.44. The van der Waals surface area contributed by atoms with Gasteiger partial charge in [-0.2, -0.15) is 0 Å². The zero-order valence-corrected chi connectivity index (χ0v) is 15.9. The van der Waals surface area contributed by atoms with Gasteiger partial charge < -0.3 is 5.32 Å². The molecule has 2 aromatic carbocycles. The number of carbonyl (C=O) groups excluding carboxylic acids is 1. The molecule has 0 bridgehead atoms. The molecule has 0 aliphatic carbocycles. The Morgan fingerprint density at radius 3 is 2.79 bits per heavy atom. The number of benzene rings is 2. The maximum atomic E-state index is 14.0. The predicted octanol–water partition coefficient (Wildman–Crippen LogP) is 5.22. The fourth-order valence-corrected chi connectivity index (χ4v) is 3.85. The molecule has 0 unspecified atom stereocenters. The minimum atomic E-state index is -0.351. The van der Waals surface area contributed by atoms with Crippen LogP contribution in [0.4, 0.5) is 14.5 Å². The van der Waals surface area contributed by atoms with Crippen molar-refractivity contribution in [2.24, 2.45) is 0 Å². The molecule has 0 spiro atoms. The zero-order valence-electron chi connectivity index (χ0n) is 15.1. The molecule has 2 aromatic heterocycles. The van der Waals surface area contributed by atoms with Gasteiger partial charge in [0.25, 0.3) is 0 Å². The quantitative estimate of drug-likeness (QED) is 0.502. The van der Waals surface area contributed by atoms with Crippen LogP contribution in [-0.4, -0.2) is 15.3 Å². The Balaban J connectivity index is 1.47. The topological polar surface area (TPSA) is 46.4 Å². The van der Waals surface area contributed by atoms with Gasteiger partial charge in [-0.3, -0.25) is 9.20 Å². The van der Waals surface area contributed by atoms with Crippen LogP contribution in [0.1, 0.15) is 17.7 Å². The minimum absolute atomic E-state index is 0.197. The summed E-state index contributed by atoms with van der Waals surface area (Å²) in [5.41, 5.74) is 2.90. The SMILES string of the molecule is Cc1ccc(NC(=O)CCc2csc3nc(-c4ccccc4F)cn23)cc1F. The number of fused-ring (bicyclic) bond motifs is 1. The lowest BCUT2D eigenvalue weighted by atomic mass is 10.1. The lowest BCUT2D eigenvalue weighted by molar-refractivity contribution is -0.116. The van der Waals surface area contributed by atoms with Gasteiger partial charge in [0.05, 0.1) is 5.69 Å². The highest BCUT2D eigenvalue weighted by Crippen LogP contribution is 2.26. The molecule has 28 heavy (non-hydrogen) atoms. The van der Waals surface area contributed by atoms with Gasteiger partial charge in [0.1, 0.15) is 11.6 Å². The van der Waals surface area contributed by atoms with Crippen molar-refractivity contribution < 1.29 is 13.6 Å². The van der Waals surface area contributed by atoms with Crippen LogP contribution in [0.15, 0.2) is 54.0 Å². The lowest BCUT2D eigenvalue weighted by Gasteiger charge is -2.06. The number of hydrogen-bond acceptors (Lipinski definition) is 3. The number of anilines is 1. The van der Waals surface area contributed by atoms with Gasteiger partial charge in [-0.05, 0) is 43.2 Å². The van der Waals surface area contributed by atoms with Gasteiger partial charge >= 0.3 is 0 Å². The first kappa shape index (κ1) is 18.3. The summed E-state index contributed by atoms with van der Waals surface area (Å²) < 4.78 is 29.5. The Bertz CT molecular complexity index is 1170. The van der Waals surface area contributed by atoms with E-state index in [0.717, 1.165) is 10.7 Å². The van der Waals surface area contributed by atoms with E-state index in [1.165, 1.54) is 23.5 Å². The molecule has 0 saturated carbocycles. The van der Waals surface area contributed by atoms with Gasteiger partial charge in [-0.25, -0.2) is 13.8 Å². The predicted molar refractivity (Wildman–Crippen MR) is 107 cm³/mol. The first-order valence-electron chi connectivity index (χ1n) is 8.77. The monoisotopic (exact) mass is 397 g/mol. The molecule has 0 radical (unpaired) electrons. The summed E-state index contributed by atoms with van der Waals surface area (Å²) in [6.07, 6.45) is 2.52. The molecule has 0 fully saturated rings. The summed E-state index contributed by atoms with van der Waals surface area (Å²) in [5.74, 6) is -0.868. The van der Waals surface area contributed by atoms with Crippen molar-refractivity contribution in [1.82, 2.24) is 9.38 Å². The van der Waals surface area contributed by atoms with E-state index >= 15 is 0 Å². The lowest BCUT2D eigenvalue weighted by Crippen LogP contribution is -2.13. The van der Waals surface area contributed by atoms with Crippen molar-refractivity contribution in [2.75, 3.05) is 5.32 Å². The van der Waals surface area contributed by atoms with Crippen molar-refractivity contribution in [1.29, 1.82) is 0 Å². The fraction of sp³-hybridized carbons (Fsp3) is 0.143. The maximum absolute atomic E-state index is 14.0. The Morgan fingerprint density at radius 2 is 2.00 bits per heavy atom. The van der Waals surface area contributed by atoms with Crippen LogP contribution in [0.3, 0.4) is 0 Å². The highest BCUT2D eigenvalue weighted by molar-refractivity contribution is 7.15. The van der Waals surface area contributed by atoms with Crippen LogP contribution in [-0.2, 0) is 11.2 Å². The molecular formula is C21H17F2N3OS. The van der Waals surface area contributed by atoms with E-state index in [-0.39, 0.29) is 24.0 Å². The van der Waals surface area contributed by atoms with Crippen LogP contribution in [0.5, 0.6) is 0 Å². The molecule has 4 nitrogen and oxygen atoms in total. The highest BCUT2D eigenvalue weighted by Gasteiger charge is 2.13. The van der Waals surface area contributed by atoms with E-state index in [0.29, 0.717) is 28.9 Å². The zero-order chi connectivity index (χ0) is 19.7. The smallest absolute Gasteiger partial charge is 0.224 e. The Morgan fingerprint density at radius 1 is 1.18 bits per heavy atom. The van der Waals surface area contributed by atoms with Crippen LogP contribution < -0.4 is 5.32 Å². The molecule has 4 rings (SSSR count). The summed E-state index contributed by atoms with van der Waals surface area (Å²) in [7, 11) is 0. The minimum Gasteiger partial charge on any atom is -0.326 e. The molecule has 0 aliphatic rings. The second-order valence-electron chi connectivity index (χ2n) is 6.50. The summed E-state index contributed by atoms with van der Waals surface area (Å²) in [6.45, 7) is 1.67. The van der Waals surface area contributed by atoms with Crippen molar-refractivity contribution in [3.63, 3.8) is 0 Å². The summed E-state index contributed by atoms with van der Waals surface area (Å²) in [5, 5.41) is 4.65. The normalized spacial score (nSPS) is 11.1. The summed E-state index contributed by atoms with van der Waals surface area (Å²) in [4.78, 5) is 17.4. The highest BCUT2D eigenvalue weighted by atomic mass is 32.1. The molecule has 4 aromatic rings. The molecule has 142 valence electrons. The van der Waals surface area contributed by atoms with Crippen LogP contribution >= 0.6 is 11.3 Å². The van der Waals surface area contributed by atoms with E-state index in [2.05, 4.69) is 10.3 Å². The van der Waals surface area contributed by atoms with Crippen molar-refractivity contribution >= 4 is 27.9 Å². The number of rotatable bonds is 5. The number of carbonyl (C=O) groups is 1. The van der Waals surface area contributed by atoms with Crippen molar-refractivity contribution in [3.05, 3.63) is 76.9 Å². The molecule has 1 N–H and O–H groups in total. The van der Waals surface area contributed by atoms with Crippen LogP contribution in [0.2, 0.25) is 0 Å². The third kappa shape index (κ3) is 3.66. The number of aromatic nitrogens is 2. The number of halogens is 2. The molecule has 0 aliphatic heterocycles. The Labute approximate surface area is 164 Å². The first-order chi connectivity index (χ1) is 13.5. The van der Waals surface area contributed by atoms with E-state index in [1.807, 2.05) is 9.78 Å². The maximum Gasteiger partial charge on any atom is 0.224 e. The van der Waals surface area contributed by atoms with E-state index in [1.54, 1.807) is 43.5 Å². The average molecular weight is 397 g/mol.